The Bertz CT molecular complexity index is 928. The molecule has 0 fully saturated rings. The van der Waals surface area contributed by atoms with Gasteiger partial charge in [-0.1, -0.05) is 6.07 Å². The Labute approximate surface area is 150 Å². The molecule has 140 valence electrons. The van der Waals surface area contributed by atoms with E-state index in [4.69, 9.17) is 5.26 Å². The molecule has 0 aliphatic heterocycles. The number of alkyl halides is 3. The minimum atomic E-state index is -4.58. The number of amides is 2. The van der Waals surface area contributed by atoms with Crippen LogP contribution in [0.1, 0.15) is 16.1 Å². The lowest BCUT2D eigenvalue weighted by Crippen LogP contribution is -2.23. The lowest BCUT2D eigenvalue weighted by atomic mass is 10.2. The topological polar surface area (TPSA) is 135 Å². The van der Waals surface area contributed by atoms with Gasteiger partial charge in [0.1, 0.15) is 11.8 Å². The molecule has 12 heteroatoms. The standard InChI is InChI=1S/C15H12F3N7O2/c1-20-14(27)11-12(22-7-21-11)25-24-10(6-19)13(26)23-9-4-2-3-8(5-9)15(16,17)18/h2-5,7,25H,1H3,(H,20,27)(H,21,22)(H,23,26)/b24-10-. The summed E-state index contributed by atoms with van der Waals surface area (Å²) in [6.45, 7) is 0. The highest BCUT2D eigenvalue weighted by Gasteiger charge is 2.30. The van der Waals surface area contributed by atoms with Crippen LogP contribution in [0.25, 0.3) is 0 Å². The van der Waals surface area contributed by atoms with Gasteiger partial charge in [-0.2, -0.15) is 23.5 Å². The number of benzene rings is 1. The molecule has 1 aromatic heterocycles. The number of halogens is 3. The predicted octanol–water partition coefficient (Wildman–Crippen LogP) is 1.72. The van der Waals surface area contributed by atoms with Crippen LogP contribution in [0.3, 0.4) is 0 Å². The van der Waals surface area contributed by atoms with Crippen molar-refractivity contribution in [1.29, 1.82) is 5.26 Å². The van der Waals surface area contributed by atoms with Gasteiger partial charge in [-0.25, -0.2) is 4.98 Å². The van der Waals surface area contributed by atoms with E-state index in [9.17, 15) is 22.8 Å². The molecule has 0 bridgehead atoms. The van der Waals surface area contributed by atoms with Crippen molar-refractivity contribution in [3.8, 4) is 6.07 Å². The number of rotatable bonds is 5. The summed E-state index contributed by atoms with van der Waals surface area (Å²) >= 11 is 0. The molecule has 2 rings (SSSR count). The van der Waals surface area contributed by atoms with Crippen molar-refractivity contribution in [3.63, 3.8) is 0 Å². The van der Waals surface area contributed by atoms with Crippen LogP contribution in [-0.2, 0) is 11.0 Å². The van der Waals surface area contributed by atoms with Gasteiger partial charge in [0, 0.05) is 12.7 Å². The largest absolute Gasteiger partial charge is 0.416 e. The number of nitriles is 1. The summed E-state index contributed by atoms with van der Waals surface area (Å²) in [6, 6.07) is 5.41. The minimum Gasteiger partial charge on any atom is -0.354 e. The molecule has 27 heavy (non-hydrogen) atoms. The first-order chi connectivity index (χ1) is 12.8. The Morgan fingerprint density at radius 2 is 2.07 bits per heavy atom. The van der Waals surface area contributed by atoms with Gasteiger partial charge < -0.3 is 15.6 Å². The first kappa shape index (κ1) is 19.4. The Kier molecular flexibility index (Phi) is 5.76. The van der Waals surface area contributed by atoms with Gasteiger partial charge in [-0.05, 0) is 18.2 Å². The maximum atomic E-state index is 12.7. The van der Waals surface area contributed by atoms with Crippen LogP contribution >= 0.6 is 0 Å². The number of aromatic amines is 1. The third-order valence-electron chi connectivity index (χ3n) is 3.14. The van der Waals surface area contributed by atoms with Crippen LogP contribution < -0.4 is 16.1 Å². The highest BCUT2D eigenvalue weighted by molar-refractivity contribution is 6.48. The molecule has 0 radical (unpaired) electrons. The van der Waals surface area contributed by atoms with Crippen LogP contribution in [0.4, 0.5) is 24.7 Å². The highest BCUT2D eigenvalue weighted by Crippen LogP contribution is 2.30. The van der Waals surface area contributed by atoms with Gasteiger partial charge in [-0.3, -0.25) is 15.0 Å². The number of nitrogens with one attached hydrogen (secondary N) is 4. The number of hydrogen-bond acceptors (Lipinski definition) is 6. The molecule has 4 N–H and O–H groups in total. The molecule has 0 unspecified atom stereocenters. The first-order valence-corrected chi connectivity index (χ1v) is 7.24. The summed E-state index contributed by atoms with van der Waals surface area (Å²) in [4.78, 5) is 30.0. The van der Waals surface area contributed by atoms with Crippen molar-refractivity contribution >= 4 is 29.0 Å². The molecule has 2 aromatic rings. The van der Waals surface area contributed by atoms with Gasteiger partial charge in [0.15, 0.2) is 5.82 Å². The quantitative estimate of drug-likeness (QED) is 0.463. The molecule has 0 saturated heterocycles. The number of aromatic nitrogens is 2. The molecule has 1 aromatic carbocycles. The molecular formula is C15H12F3N7O2. The fourth-order valence-corrected chi connectivity index (χ4v) is 1.88. The number of imidazole rings is 1. The second-order valence-electron chi connectivity index (χ2n) is 4.92. The van der Waals surface area contributed by atoms with E-state index in [1.807, 2.05) is 0 Å². The highest BCUT2D eigenvalue weighted by atomic mass is 19.4. The molecule has 0 aliphatic carbocycles. The molecule has 0 aliphatic rings. The zero-order valence-electron chi connectivity index (χ0n) is 13.7. The predicted molar refractivity (Wildman–Crippen MR) is 88.7 cm³/mol. The number of nitrogens with zero attached hydrogens (tertiary/aromatic N) is 3. The van der Waals surface area contributed by atoms with Crippen LogP contribution in [0.2, 0.25) is 0 Å². The molecular weight excluding hydrogens is 367 g/mol. The van der Waals surface area contributed by atoms with E-state index in [2.05, 4.69) is 31.1 Å². The van der Waals surface area contributed by atoms with Crippen molar-refractivity contribution in [1.82, 2.24) is 15.3 Å². The second kappa shape index (κ2) is 8.00. The molecule has 0 saturated carbocycles. The first-order valence-electron chi connectivity index (χ1n) is 7.24. The number of hydrazone groups is 1. The number of anilines is 2. The van der Waals surface area contributed by atoms with E-state index in [1.54, 1.807) is 0 Å². The maximum absolute atomic E-state index is 12.7. The average Bonchev–Trinajstić information content (AvgIpc) is 3.09. The monoisotopic (exact) mass is 379 g/mol. The Hall–Kier alpha value is -3.88. The molecule has 2 amide bonds. The molecule has 9 nitrogen and oxygen atoms in total. The molecule has 0 spiro atoms. The smallest absolute Gasteiger partial charge is 0.354 e. The van der Waals surface area contributed by atoms with Crippen molar-refractivity contribution in [2.45, 2.75) is 6.18 Å². The van der Waals surface area contributed by atoms with Gasteiger partial charge in [-0.15, -0.1) is 0 Å². The number of carbonyl (C=O) groups is 2. The van der Waals surface area contributed by atoms with Crippen LogP contribution in [0.5, 0.6) is 0 Å². The molecule has 0 atom stereocenters. The maximum Gasteiger partial charge on any atom is 0.416 e. The van der Waals surface area contributed by atoms with Crippen LogP contribution in [0.15, 0.2) is 35.7 Å². The summed E-state index contributed by atoms with van der Waals surface area (Å²) < 4.78 is 38.1. The van der Waals surface area contributed by atoms with Crippen LogP contribution in [0, 0.1) is 11.3 Å². The van der Waals surface area contributed by atoms with E-state index in [-0.39, 0.29) is 17.2 Å². The minimum absolute atomic E-state index is 0.0110. The second-order valence-corrected chi connectivity index (χ2v) is 4.92. The summed E-state index contributed by atoms with van der Waals surface area (Å²) in [5.41, 5.74) is 0.491. The SMILES string of the molecule is CNC(=O)c1[nH]cnc1N/N=C(/C#N)C(=O)Nc1cccc(C(F)(F)F)c1. The number of H-pyrrole nitrogens is 1. The van der Waals surface area contributed by atoms with Crippen LogP contribution in [-0.4, -0.2) is 34.5 Å². The number of carbonyl (C=O) groups excluding carboxylic acids is 2. The zero-order valence-corrected chi connectivity index (χ0v) is 13.7. The Morgan fingerprint density at radius 3 is 2.70 bits per heavy atom. The molecule has 1 heterocycles. The lowest BCUT2D eigenvalue weighted by Gasteiger charge is -2.09. The Balaban J connectivity index is 2.15. The van der Waals surface area contributed by atoms with Crippen molar-refractivity contribution in [2.75, 3.05) is 17.8 Å². The summed E-state index contributed by atoms with van der Waals surface area (Å²) in [5, 5.41) is 17.1. The normalized spacial score (nSPS) is 11.4. The van der Waals surface area contributed by atoms with Gasteiger partial charge in [0.25, 0.3) is 11.8 Å². The van der Waals surface area contributed by atoms with Gasteiger partial charge in [0.05, 0.1) is 11.9 Å². The summed E-state index contributed by atoms with van der Waals surface area (Å²) in [5.74, 6) is -1.60. The van der Waals surface area contributed by atoms with Gasteiger partial charge >= 0.3 is 6.18 Å². The van der Waals surface area contributed by atoms with Gasteiger partial charge in [0.2, 0.25) is 5.71 Å². The fourth-order valence-electron chi connectivity index (χ4n) is 1.88. The number of hydrogen-bond donors (Lipinski definition) is 4. The fraction of sp³-hybridized carbons (Fsp3) is 0.133. The van der Waals surface area contributed by atoms with Crippen molar-refractivity contribution in [3.05, 3.63) is 41.9 Å². The Morgan fingerprint density at radius 1 is 1.33 bits per heavy atom. The lowest BCUT2D eigenvalue weighted by molar-refractivity contribution is -0.137. The summed E-state index contributed by atoms with van der Waals surface area (Å²) in [6.07, 6.45) is -3.39. The van der Waals surface area contributed by atoms with E-state index < -0.39 is 29.3 Å². The van der Waals surface area contributed by atoms with E-state index in [0.717, 1.165) is 18.2 Å². The van der Waals surface area contributed by atoms with E-state index >= 15 is 0 Å². The summed E-state index contributed by atoms with van der Waals surface area (Å²) in [7, 11) is 1.39. The average molecular weight is 379 g/mol. The zero-order chi connectivity index (χ0) is 20.0. The third kappa shape index (κ3) is 4.82. The van der Waals surface area contributed by atoms with Crippen molar-refractivity contribution in [2.24, 2.45) is 5.10 Å². The van der Waals surface area contributed by atoms with Crippen molar-refractivity contribution < 1.29 is 22.8 Å². The van der Waals surface area contributed by atoms with E-state index in [0.29, 0.717) is 0 Å². The van der Waals surface area contributed by atoms with E-state index in [1.165, 1.54) is 25.5 Å². The third-order valence-corrected chi connectivity index (χ3v) is 3.14.